The summed E-state index contributed by atoms with van der Waals surface area (Å²) in [5, 5.41) is 7.56. The summed E-state index contributed by atoms with van der Waals surface area (Å²) in [4.78, 5) is 11.9. The van der Waals surface area contributed by atoms with Crippen LogP contribution in [0.1, 0.15) is 32.6 Å². The summed E-state index contributed by atoms with van der Waals surface area (Å²) in [5.41, 5.74) is 0.655. The van der Waals surface area contributed by atoms with E-state index < -0.39 is 0 Å². The van der Waals surface area contributed by atoms with Crippen molar-refractivity contribution in [2.24, 2.45) is 5.41 Å². The summed E-state index contributed by atoms with van der Waals surface area (Å²) >= 11 is 6.09. The van der Waals surface area contributed by atoms with E-state index in [1.54, 1.807) is 12.3 Å². The van der Waals surface area contributed by atoms with Gasteiger partial charge in [-0.25, -0.2) is 4.68 Å². The molecule has 5 heteroatoms. The minimum atomic E-state index is -0.275. The first-order valence-corrected chi connectivity index (χ1v) is 7.04. The van der Waals surface area contributed by atoms with Gasteiger partial charge in [0.1, 0.15) is 5.02 Å². The molecule has 1 aliphatic rings. The molecule has 1 fully saturated rings. The molecule has 0 aromatic carbocycles. The number of hydrogen-bond acceptors (Lipinski definition) is 3. The number of aromatic nitrogens is 2. The van der Waals surface area contributed by atoms with Crippen molar-refractivity contribution in [3.8, 4) is 0 Å². The minimum absolute atomic E-state index is 0.207. The number of anilines is 1. The molecular formula is C14H20ClN3O. The van der Waals surface area contributed by atoms with Gasteiger partial charge in [0.05, 0.1) is 18.4 Å². The standard InChI is InChI=1S/C14H20ClN3O/c1-3-8-18-13(19)12(15)11(9-17-18)16-10-14(2)6-4-5-7-14/h3,9,16H,1,4-8,10H2,2H3. The SMILES string of the molecule is C=CCn1ncc(NCC2(C)CCCC2)c(Cl)c1=O. The molecule has 0 aliphatic heterocycles. The third-order valence-electron chi connectivity index (χ3n) is 3.80. The average molecular weight is 282 g/mol. The van der Waals surface area contributed by atoms with Gasteiger partial charge in [0, 0.05) is 6.54 Å². The number of allylic oxidation sites excluding steroid dienone is 1. The van der Waals surface area contributed by atoms with E-state index in [0.717, 1.165) is 6.54 Å². The number of hydrogen-bond donors (Lipinski definition) is 1. The topological polar surface area (TPSA) is 46.9 Å². The van der Waals surface area contributed by atoms with E-state index in [0.29, 0.717) is 17.6 Å². The Balaban J connectivity index is 2.11. The van der Waals surface area contributed by atoms with Crippen LogP contribution in [-0.4, -0.2) is 16.3 Å². The molecule has 0 atom stereocenters. The van der Waals surface area contributed by atoms with E-state index in [1.807, 2.05) is 0 Å². The van der Waals surface area contributed by atoms with E-state index in [9.17, 15) is 4.79 Å². The van der Waals surface area contributed by atoms with Crippen LogP contribution in [0.15, 0.2) is 23.6 Å². The molecule has 0 amide bonds. The zero-order valence-electron chi connectivity index (χ0n) is 11.3. The van der Waals surface area contributed by atoms with Gasteiger partial charge < -0.3 is 5.32 Å². The molecule has 0 radical (unpaired) electrons. The molecule has 1 saturated carbocycles. The highest BCUT2D eigenvalue weighted by Crippen LogP contribution is 2.37. The fraction of sp³-hybridized carbons (Fsp3) is 0.571. The van der Waals surface area contributed by atoms with Gasteiger partial charge in [-0.05, 0) is 18.3 Å². The molecule has 1 aromatic rings. The average Bonchev–Trinajstić information content (AvgIpc) is 2.82. The van der Waals surface area contributed by atoms with E-state index >= 15 is 0 Å². The molecular weight excluding hydrogens is 262 g/mol. The van der Waals surface area contributed by atoms with Gasteiger partial charge in [-0.3, -0.25) is 4.79 Å². The van der Waals surface area contributed by atoms with Crippen molar-refractivity contribution >= 4 is 17.3 Å². The molecule has 1 N–H and O–H groups in total. The highest BCUT2D eigenvalue weighted by molar-refractivity contribution is 6.32. The maximum atomic E-state index is 11.9. The fourth-order valence-corrected chi connectivity index (χ4v) is 2.77. The van der Waals surface area contributed by atoms with Gasteiger partial charge in [-0.2, -0.15) is 5.10 Å². The summed E-state index contributed by atoms with van der Waals surface area (Å²) < 4.78 is 1.30. The normalized spacial score (nSPS) is 17.4. The van der Waals surface area contributed by atoms with Crippen LogP contribution < -0.4 is 10.9 Å². The van der Waals surface area contributed by atoms with Crippen molar-refractivity contribution in [1.29, 1.82) is 0 Å². The van der Waals surface area contributed by atoms with Crippen LogP contribution in [0.2, 0.25) is 5.02 Å². The zero-order chi connectivity index (χ0) is 13.9. The highest BCUT2D eigenvalue weighted by atomic mass is 35.5. The number of nitrogens with one attached hydrogen (secondary N) is 1. The fourth-order valence-electron chi connectivity index (χ4n) is 2.55. The molecule has 1 aliphatic carbocycles. The highest BCUT2D eigenvalue weighted by Gasteiger charge is 2.28. The van der Waals surface area contributed by atoms with Crippen molar-refractivity contribution in [2.45, 2.75) is 39.2 Å². The molecule has 1 aromatic heterocycles. The Morgan fingerprint density at radius 1 is 1.58 bits per heavy atom. The first kappa shape index (κ1) is 14.1. The molecule has 0 spiro atoms. The third kappa shape index (κ3) is 3.18. The van der Waals surface area contributed by atoms with Crippen molar-refractivity contribution in [1.82, 2.24) is 9.78 Å². The van der Waals surface area contributed by atoms with Crippen molar-refractivity contribution in [3.63, 3.8) is 0 Å². The largest absolute Gasteiger partial charge is 0.382 e. The van der Waals surface area contributed by atoms with Crippen LogP contribution >= 0.6 is 11.6 Å². The van der Waals surface area contributed by atoms with Crippen LogP contribution in [0.4, 0.5) is 5.69 Å². The first-order chi connectivity index (χ1) is 9.06. The lowest BCUT2D eigenvalue weighted by atomic mass is 9.89. The quantitative estimate of drug-likeness (QED) is 0.844. The predicted octanol–water partition coefficient (Wildman–Crippen LogP) is 3.07. The van der Waals surface area contributed by atoms with Gasteiger partial charge in [-0.1, -0.05) is 37.4 Å². The van der Waals surface area contributed by atoms with Crippen LogP contribution in [0.5, 0.6) is 0 Å². The summed E-state index contributed by atoms with van der Waals surface area (Å²) in [6, 6.07) is 0. The third-order valence-corrected chi connectivity index (χ3v) is 4.17. The van der Waals surface area contributed by atoms with Crippen molar-refractivity contribution in [3.05, 3.63) is 34.2 Å². The van der Waals surface area contributed by atoms with Gasteiger partial charge in [-0.15, -0.1) is 6.58 Å². The Hall–Kier alpha value is -1.29. The number of halogens is 1. The molecule has 0 saturated heterocycles. The van der Waals surface area contributed by atoms with Crippen LogP contribution in [-0.2, 0) is 6.54 Å². The van der Waals surface area contributed by atoms with E-state index in [4.69, 9.17) is 11.6 Å². The van der Waals surface area contributed by atoms with Crippen molar-refractivity contribution < 1.29 is 0 Å². The van der Waals surface area contributed by atoms with Gasteiger partial charge in [0.15, 0.2) is 0 Å². The Morgan fingerprint density at radius 2 is 2.26 bits per heavy atom. The lowest BCUT2D eigenvalue weighted by molar-refractivity contribution is 0.362. The van der Waals surface area contributed by atoms with Gasteiger partial charge in [0.2, 0.25) is 0 Å². The second kappa shape index (κ2) is 5.78. The molecule has 104 valence electrons. The van der Waals surface area contributed by atoms with E-state index in [1.165, 1.54) is 30.4 Å². The number of nitrogens with zero attached hydrogens (tertiary/aromatic N) is 2. The maximum Gasteiger partial charge on any atom is 0.287 e. The summed E-state index contributed by atoms with van der Waals surface area (Å²) in [6.45, 7) is 7.06. The smallest absolute Gasteiger partial charge is 0.287 e. The second-order valence-electron chi connectivity index (χ2n) is 5.52. The summed E-state index contributed by atoms with van der Waals surface area (Å²) in [5.74, 6) is 0. The summed E-state index contributed by atoms with van der Waals surface area (Å²) in [7, 11) is 0. The first-order valence-electron chi connectivity index (χ1n) is 6.66. The van der Waals surface area contributed by atoms with Crippen LogP contribution in [0.25, 0.3) is 0 Å². The Bertz CT molecular complexity index is 518. The molecule has 19 heavy (non-hydrogen) atoms. The molecule has 0 bridgehead atoms. The minimum Gasteiger partial charge on any atom is -0.382 e. The predicted molar refractivity (Wildman–Crippen MR) is 78.8 cm³/mol. The van der Waals surface area contributed by atoms with E-state index in [-0.39, 0.29) is 10.6 Å². The summed E-state index contributed by atoms with van der Waals surface area (Å²) in [6.07, 6.45) is 8.25. The van der Waals surface area contributed by atoms with Gasteiger partial charge in [0.25, 0.3) is 5.56 Å². The zero-order valence-corrected chi connectivity index (χ0v) is 12.0. The van der Waals surface area contributed by atoms with Crippen LogP contribution in [0.3, 0.4) is 0 Å². The van der Waals surface area contributed by atoms with E-state index in [2.05, 4.69) is 23.9 Å². The van der Waals surface area contributed by atoms with Crippen LogP contribution in [0, 0.1) is 5.41 Å². The molecule has 4 nitrogen and oxygen atoms in total. The Morgan fingerprint density at radius 3 is 2.89 bits per heavy atom. The van der Waals surface area contributed by atoms with Crippen molar-refractivity contribution in [2.75, 3.05) is 11.9 Å². The molecule has 1 heterocycles. The Labute approximate surface area is 118 Å². The number of rotatable bonds is 5. The molecule has 0 unspecified atom stereocenters. The maximum absolute atomic E-state index is 11.9. The lowest BCUT2D eigenvalue weighted by Gasteiger charge is -2.24. The second-order valence-corrected chi connectivity index (χ2v) is 5.90. The Kier molecular flexibility index (Phi) is 4.30. The molecule has 2 rings (SSSR count). The monoisotopic (exact) mass is 281 g/mol. The lowest BCUT2D eigenvalue weighted by Crippen LogP contribution is -2.27. The van der Waals surface area contributed by atoms with Gasteiger partial charge >= 0.3 is 0 Å².